The highest BCUT2D eigenvalue weighted by Crippen LogP contribution is 2.37. The molecule has 4 nitrogen and oxygen atoms in total. The molecule has 0 radical (unpaired) electrons. The number of aromatic nitrogens is 2. The summed E-state index contributed by atoms with van der Waals surface area (Å²) in [5, 5.41) is 4.03. The Kier molecular flexibility index (Phi) is 3.64. The highest BCUT2D eigenvalue weighted by atomic mass is 16.5. The molecule has 4 heteroatoms. The number of allylic oxidation sites excluding steroid dienone is 1. The maximum atomic E-state index is 6.21. The van der Waals surface area contributed by atoms with Crippen LogP contribution in [0, 0.1) is 0 Å². The van der Waals surface area contributed by atoms with Crippen LogP contribution in [0.25, 0.3) is 11.6 Å². The smallest absolute Gasteiger partial charge is 0.250 e. The molecule has 1 aliphatic carbocycles. The van der Waals surface area contributed by atoms with Crippen LogP contribution in [0.5, 0.6) is 0 Å². The van der Waals surface area contributed by atoms with E-state index in [9.17, 15) is 0 Å². The standard InChI is InChI=1S/C17H21N3O/c1-3-13-5-7-14(8-6-13)12(2)11-15-19-16(20-21-15)17(18)9-4-10-17/h5-8,11H,3-4,9-10,18H2,1-2H3/b12-11+. The van der Waals surface area contributed by atoms with Gasteiger partial charge in [0.05, 0.1) is 5.54 Å². The average Bonchev–Trinajstić information content (AvgIpc) is 2.93. The van der Waals surface area contributed by atoms with Crippen molar-refractivity contribution < 1.29 is 4.52 Å². The van der Waals surface area contributed by atoms with Crippen molar-refractivity contribution in [3.63, 3.8) is 0 Å². The van der Waals surface area contributed by atoms with Gasteiger partial charge in [-0.3, -0.25) is 0 Å². The first kappa shape index (κ1) is 14.0. The lowest BCUT2D eigenvalue weighted by Crippen LogP contribution is -2.44. The molecule has 0 bridgehead atoms. The molecule has 0 atom stereocenters. The topological polar surface area (TPSA) is 64.9 Å². The van der Waals surface area contributed by atoms with Crippen LogP contribution in [0.3, 0.4) is 0 Å². The minimum atomic E-state index is -0.369. The predicted octanol–water partition coefficient (Wildman–Crippen LogP) is 3.53. The Morgan fingerprint density at radius 2 is 2.05 bits per heavy atom. The van der Waals surface area contributed by atoms with Crippen molar-refractivity contribution in [2.24, 2.45) is 5.73 Å². The van der Waals surface area contributed by atoms with E-state index in [0.717, 1.165) is 36.8 Å². The maximum Gasteiger partial charge on any atom is 0.250 e. The van der Waals surface area contributed by atoms with Crippen molar-refractivity contribution in [3.05, 3.63) is 47.1 Å². The Balaban J connectivity index is 1.80. The van der Waals surface area contributed by atoms with E-state index in [2.05, 4.69) is 41.3 Å². The average molecular weight is 283 g/mol. The second-order valence-corrected chi connectivity index (χ2v) is 5.84. The zero-order valence-electron chi connectivity index (χ0n) is 12.6. The minimum Gasteiger partial charge on any atom is -0.335 e. The molecular formula is C17H21N3O. The molecule has 0 aliphatic heterocycles. The van der Waals surface area contributed by atoms with Crippen molar-refractivity contribution in [3.8, 4) is 0 Å². The minimum absolute atomic E-state index is 0.369. The summed E-state index contributed by atoms with van der Waals surface area (Å²) in [6, 6.07) is 8.54. The molecular weight excluding hydrogens is 262 g/mol. The SMILES string of the molecule is CCc1ccc(/C(C)=C/c2nc(C3(N)CCC3)no2)cc1. The van der Waals surface area contributed by atoms with E-state index in [1.165, 1.54) is 5.56 Å². The molecule has 1 fully saturated rings. The van der Waals surface area contributed by atoms with Gasteiger partial charge in [-0.1, -0.05) is 36.3 Å². The third kappa shape index (κ3) is 2.76. The molecule has 110 valence electrons. The second-order valence-electron chi connectivity index (χ2n) is 5.84. The van der Waals surface area contributed by atoms with Gasteiger partial charge in [-0.25, -0.2) is 0 Å². The van der Waals surface area contributed by atoms with E-state index in [1.807, 2.05) is 13.0 Å². The lowest BCUT2D eigenvalue weighted by molar-refractivity contribution is 0.229. The Labute approximate surface area is 125 Å². The van der Waals surface area contributed by atoms with E-state index >= 15 is 0 Å². The summed E-state index contributed by atoms with van der Waals surface area (Å²) in [5.41, 5.74) is 9.44. The van der Waals surface area contributed by atoms with Gasteiger partial charge in [0.15, 0.2) is 5.82 Å². The van der Waals surface area contributed by atoms with Gasteiger partial charge in [0.2, 0.25) is 0 Å². The number of hydrogen-bond donors (Lipinski definition) is 1. The summed E-state index contributed by atoms with van der Waals surface area (Å²) >= 11 is 0. The molecule has 0 unspecified atom stereocenters. The summed E-state index contributed by atoms with van der Waals surface area (Å²) in [6.45, 7) is 4.20. The molecule has 1 aliphatic rings. The summed E-state index contributed by atoms with van der Waals surface area (Å²) < 4.78 is 5.31. The van der Waals surface area contributed by atoms with Crippen LogP contribution < -0.4 is 5.73 Å². The van der Waals surface area contributed by atoms with E-state index in [0.29, 0.717) is 11.7 Å². The second kappa shape index (κ2) is 5.45. The van der Waals surface area contributed by atoms with Gasteiger partial charge < -0.3 is 10.3 Å². The number of benzene rings is 1. The van der Waals surface area contributed by atoms with E-state index in [-0.39, 0.29) is 5.54 Å². The van der Waals surface area contributed by atoms with Crippen molar-refractivity contribution in [2.75, 3.05) is 0 Å². The Morgan fingerprint density at radius 3 is 2.62 bits per heavy atom. The lowest BCUT2D eigenvalue weighted by atomic mass is 9.77. The van der Waals surface area contributed by atoms with Crippen molar-refractivity contribution in [2.45, 2.75) is 45.1 Å². The normalized spacial score (nSPS) is 17.6. The number of nitrogens with two attached hydrogens (primary N) is 1. The first-order valence-corrected chi connectivity index (χ1v) is 7.51. The molecule has 1 aromatic carbocycles. The van der Waals surface area contributed by atoms with Gasteiger partial charge in [-0.2, -0.15) is 4.98 Å². The number of hydrogen-bond acceptors (Lipinski definition) is 4. The fourth-order valence-corrected chi connectivity index (χ4v) is 2.55. The molecule has 2 N–H and O–H groups in total. The highest BCUT2D eigenvalue weighted by Gasteiger charge is 2.38. The molecule has 0 amide bonds. The predicted molar refractivity (Wildman–Crippen MR) is 83.4 cm³/mol. The molecule has 3 rings (SSSR count). The fraction of sp³-hybridized carbons (Fsp3) is 0.412. The largest absolute Gasteiger partial charge is 0.335 e. The molecule has 0 saturated heterocycles. The maximum absolute atomic E-state index is 6.21. The number of rotatable bonds is 4. The van der Waals surface area contributed by atoms with E-state index in [1.54, 1.807) is 0 Å². The summed E-state index contributed by atoms with van der Waals surface area (Å²) in [5.74, 6) is 1.16. The molecule has 1 heterocycles. The van der Waals surface area contributed by atoms with Crippen LogP contribution in [0.4, 0.5) is 0 Å². The van der Waals surface area contributed by atoms with Crippen LogP contribution in [-0.4, -0.2) is 10.1 Å². The summed E-state index contributed by atoms with van der Waals surface area (Å²) in [7, 11) is 0. The first-order chi connectivity index (χ1) is 10.1. The van der Waals surface area contributed by atoms with Crippen molar-refractivity contribution >= 4 is 11.6 Å². The number of aryl methyl sites for hydroxylation is 1. The quantitative estimate of drug-likeness (QED) is 0.932. The third-order valence-electron chi connectivity index (χ3n) is 4.29. The molecule has 2 aromatic rings. The van der Waals surface area contributed by atoms with Gasteiger partial charge in [0.25, 0.3) is 5.89 Å². The van der Waals surface area contributed by atoms with Crippen LogP contribution in [0.2, 0.25) is 0 Å². The van der Waals surface area contributed by atoms with Crippen LogP contribution in [0.15, 0.2) is 28.8 Å². The van der Waals surface area contributed by atoms with Gasteiger partial charge in [0, 0.05) is 6.08 Å². The zero-order chi connectivity index (χ0) is 14.9. The Hall–Kier alpha value is -1.94. The van der Waals surface area contributed by atoms with Crippen LogP contribution >= 0.6 is 0 Å². The fourth-order valence-electron chi connectivity index (χ4n) is 2.55. The van der Waals surface area contributed by atoms with Gasteiger partial charge in [-0.05, 0) is 49.3 Å². The Morgan fingerprint density at radius 1 is 1.33 bits per heavy atom. The van der Waals surface area contributed by atoms with E-state index in [4.69, 9.17) is 10.3 Å². The van der Waals surface area contributed by atoms with Crippen LogP contribution in [-0.2, 0) is 12.0 Å². The van der Waals surface area contributed by atoms with Crippen LogP contribution in [0.1, 0.15) is 56.0 Å². The number of nitrogens with zero attached hydrogens (tertiary/aromatic N) is 2. The molecule has 1 saturated carbocycles. The molecule has 1 aromatic heterocycles. The first-order valence-electron chi connectivity index (χ1n) is 7.51. The Bertz CT molecular complexity index is 651. The molecule has 21 heavy (non-hydrogen) atoms. The zero-order valence-corrected chi connectivity index (χ0v) is 12.6. The third-order valence-corrected chi connectivity index (χ3v) is 4.29. The monoisotopic (exact) mass is 283 g/mol. The van der Waals surface area contributed by atoms with Gasteiger partial charge in [0.1, 0.15) is 0 Å². The summed E-state index contributed by atoms with van der Waals surface area (Å²) in [4.78, 5) is 4.42. The van der Waals surface area contributed by atoms with Gasteiger partial charge >= 0.3 is 0 Å². The lowest BCUT2D eigenvalue weighted by Gasteiger charge is -2.34. The highest BCUT2D eigenvalue weighted by molar-refractivity contribution is 5.77. The summed E-state index contributed by atoms with van der Waals surface area (Å²) in [6.07, 6.45) is 5.98. The molecule has 0 spiro atoms. The van der Waals surface area contributed by atoms with E-state index < -0.39 is 0 Å². The van der Waals surface area contributed by atoms with Gasteiger partial charge in [-0.15, -0.1) is 0 Å². The van der Waals surface area contributed by atoms with Crippen molar-refractivity contribution in [1.82, 2.24) is 10.1 Å². The van der Waals surface area contributed by atoms with Crippen molar-refractivity contribution in [1.29, 1.82) is 0 Å².